The second kappa shape index (κ2) is 5.71. The Balaban J connectivity index is 1.74. The van der Waals surface area contributed by atoms with E-state index >= 15 is 0 Å². The molecular weight excluding hydrogens is 284 g/mol. The van der Waals surface area contributed by atoms with Crippen LogP contribution in [-0.2, 0) is 16.6 Å². The zero-order chi connectivity index (χ0) is 15.0. The predicted octanol–water partition coefficient (Wildman–Crippen LogP) is 2.36. The number of sulfonamides is 1. The summed E-state index contributed by atoms with van der Waals surface area (Å²) in [6, 6.07) is 7.99. The van der Waals surface area contributed by atoms with Crippen LogP contribution in [0.1, 0.15) is 38.7 Å². The zero-order valence-corrected chi connectivity index (χ0v) is 13.6. The molecule has 1 N–H and O–H groups in total. The minimum atomic E-state index is -3.30. The first-order valence-corrected chi connectivity index (χ1v) is 9.25. The van der Waals surface area contributed by atoms with Crippen molar-refractivity contribution in [2.45, 2.75) is 56.6 Å². The Hall–Kier alpha value is -0.910. The Kier molecular flexibility index (Phi) is 4.08. The van der Waals surface area contributed by atoms with Crippen LogP contribution in [0.25, 0.3) is 0 Å². The molecule has 2 aliphatic rings. The minimum absolute atomic E-state index is 0.238. The molecule has 21 heavy (non-hydrogen) atoms. The highest BCUT2D eigenvalue weighted by Gasteiger charge is 2.44. The molecule has 2 atom stereocenters. The van der Waals surface area contributed by atoms with Crippen LogP contribution in [0.4, 0.5) is 0 Å². The van der Waals surface area contributed by atoms with Gasteiger partial charge in [-0.1, -0.05) is 26.0 Å². The largest absolute Gasteiger partial charge is 0.310 e. The van der Waals surface area contributed by atoms with Crippen molar-refractivity contribution in [2.24, 2.45) is 5.92 Å². The first-order chi connectivity index (χ1) is 9.96. The standard InChI is InChI=1S/C16H24N2O2S/c1-12(2)17-10-13-4-7-16(8-5-13)21(19,20)18-11-14-3-6-15(18)9-14/h4-5,7-8,12,14-15,17H,3,6,9-11H2,1-2H3. The highest BCUT2D eigenvalue weighted by atomic mass is 32.2. The summed E-state index contributed by atoms with van der Waals surface area (Å²) in [5.74, 6) is 0.583. The number of nitrogens with one attached hydrogen (secondary N) is 1. The molecule has 1 aliphatic carbocycles. The topological polar surface area (TPSA) is 49.4 Å². The summed E-state index contributed by atoms with van der Waals surface area (Å²) in [6.07, 6.45) is 3.27. The highest BCUT2D eigenvalue weighted by Crippen LogP contribution is 2.40. The van der Waals surface area contributed by atoms with Crippen molar-refractivity contribution in [3.63, 3.8) is 0 Å². The Morgan fingerprint density at radius 2 is 1.95 bits per heavy atom. The highest BCUT2D eigenvalue weighted by molar-refractivity contribution is 7.89. The first-order valence-electron chi connectivity index (χ1n) is 7.81. The van der Waals surface area contributed by atoms with Gasteiger partial charge in [-0.2, -0.15) is 4.31 Å². The van der Waals surface area contributed by atoms with Crippen molar-refractivity contribution < 1.29 is 8.42 Å². The fourth-order valence-electron chi connectivity index (χ4n) is 3.41. The molecule has 1 aromatic rings. The average molecular weight is 308 g/mol. The third kappa shape index (κ3) is 3.00. The van der Waals surface area contributed by atoms with E-state index in [0.717, 1.165) is 24.9 Å². The van der Waals surface area contributed by atoms with Crippen molar-refractivity contribution in [2.75, 3.05) is 6.54 Å². The third-order valence-electron chi connectivity index (χ3n) is 4.60. The van der Waals surface area contributed by atoms with Gasteiger partial charge in [0, 0.05) is 25.2 Å². The van der Waals surface area contributed by atoms with Crippen molar-refractivity contribution in [3.8, 4) is 0 Å². The van der Waals surface area contributed by atoms with Crippen LogP contribution >= 0.6 is 0 Å². The number of hydrogen-bond donors (Lipinski definition) is 1. The molecule has 0 amide bonds. The molecule has 1 saturated heterocycles. The van der Waals surface area contributed by atoms with E-state index in [1.807, 2.05) is 12.1 Å². The molecule has 0 spiro atoms. The Bertz CT molecular complexity index is 595. The molecule has 0 radical (unpaired) electrons. The lowest BCUT2D eigenvalue weighted by molar-refractivity contribution is 0.333. The SMILES string of the molecule is CC(C)NCc1ccc(S(=O)(=O)N2CC3CCC2C3)cc1. The summed E-state index contributed by atoms with van der Waals surface area (Å²) in [5, 5.41) is 3.34. The summed E-state index contributed by atoms with van der Waals surface area (Å²) in [6.45, 7) is 5.68. The normalized spacial score (nSPS) is 25.9. The summed E-state index contributed by atoms with van der Waals surface area (Å²) in [5.41, 5.74) is 1.12. The molecule has 2 bridgehead atoms. The van der Waals surface area contributed by atoms with Gasteiger partial charge >= 0.3 is 0 Å². The number of rotatable bonds is 5. The number of nitrogens with zero attached hydrogens (tertiary/aromatic N) is 1. The maximum absolute atomic E-state index is 12.7. The molecule has 116 valence electrons. The average Bonchev–Trinajstić information content (AvgIpc) is 3.08. The fourth-order valence-corrected chi connectivity index (χ4v) is 5.15. The molecule has 1 aliphatic heterocycles. The molecule has 2 fully saturated rings. The van der Waals surface area contributed by atoms with Crippen LogP contribution in [-0.4, -0.2) is 31.4 Å². The maximum Gasteiger partial charge on any atom is 0.243 e. The molecule has 5 heteroatoms. The van der Waals surface area contributed by atoms with Crippen LogP contribution in [0.15, 0.2) is 29.2 Å². The van der Waals surface area contributed by atoms with Gasteiger partial charge in [-0.3, -0.25) is 0 Å². The minimum Gasteiger partial charge on any atom is -0.310 e. The lowest BCUT2D eigenvalue weighted by atomic mass is 10.1. The van der Waals surface area contributed by atoms with E-state index in [1.54, 1.807) is 16.4 Å². The van der Waals surface area contributed by atoms with Crippen molar-refractivity contribution in [3.05, 3.63) is 29.8 Å². The van der Waals surface area contributed by atoms with Gasteiger partial charge in [0.15, 0.2) is 0 Å². The second-order valence-electron chi connectivity index (χ2n) is 6.59. The Morgan fingerprint density at radius 1 is 1.24 bits per heavy atom. The molecule has 3 rings (SSSR count). The van der Waals surface area contributed by atoms with Crippen molar-refractivity contribution in [1.29, 1.82) is 0 Å². The van der Waals surface area contributed by atoms with Crippen LogP contribution in [0.5, 0.6) is 0 Å². The smallest absolute Gasteiger partial charge is 0.243 e. The van der Waals surface area contributed by atoms with Crippen LogP contribution in [0.3, 0.4) is 0 Å². The van der Waals surface area contributed by atoms with E-state index in [1.165, 1.54) is 6.42 Å². The monoisotopic (exact) mass is 308 g/mol. The molecule has 0 aromatic heterocycles. The quantitative estimate of drug-likeness (QED) is 0.908. The van der Waals surface area contributed by atoms with Gasteiger partial charge in [0.2, 0.25) is 10.0 Å². The molecule has 1 heterocycles. The summed E-state index contributed by atoms with van der Waals surface area (Å²) < 4.78 is 27.1. The first kappa shape index (κ1) is 15.0. The fraction of sp³-hybridized carbons (Fsp3) is 0.625. The van der Waals surface area contributed by atoms with E-state index < -0.39 is 10.0 Å². The number of piperidine rings is 1. The van der Waals surface area contributed by atoms with E-state index in [-0.39, 0.29) is 6.04 Å². The molecule has 1 aromatic carbocycles. The van der Waals surface area contributed by atoms with Gasteiger partial charge < -0.3 is 5.32 Å². The van der Waals surface area contributed by atoms with E-state index in [4.69, 9.17) is 0 Å². The van der Waals surface area contributed by atoms with Crippen LogP contribution < -0.4 is 5.32 Å². The van der Waals surface area contributed by atoms with E-state index in [2.05, 4.69) is 19.2 Å². The van der Waals surface area contributed by atoms with Crippen molar-refractivity contribution in [1.82, 2.24) is 9.62 Å². The van der Waals surface area contributed by atoms with Gasteiger partial charge in [-0.05, 0) is 42.9 Å². The summed E-state index contributed by atoms with van der Waals surface area (Å²) in [4.78, 5) is 0.434. The predicted molar refractivity (Wildman–Crippen MR) is 83.4 cm³/mol. The van der Waals surface area contributed by atoms with Gasteiger partial charge in [-0.15, -0.1) is 0 Å². The lowest BCUT2D eigenvalue weighted by Crippen LogP contribution is -2.37. The summed E-state index contributed by atoms with van der Waals surface area (Å²) >= 11 is 0. The lowest BCUT2D eigenvalue weighted by Gasteiger charge is -2.26. The van der Waals surface area contributed by atoms with Crippen LogP contribution in [0, 0.1) is 5.92 Å². The summed E-state index contributed by atoms with van der Waals surface area (Å²) in [7, 11) is -3.30. The Labute approximate surface area is 127 Å². The van der Waals surface area contributed by atoms with Gasteiger partial charge in [0.1, 0.15) is 0 Å². The second-order valence-corrected chi connectivity index (χ2v) is 8.48. The molecular formula is C16H24N2O2S. The van der Waals surface area contributed by atoms with Gasteiger partial charge in [0.05, 0.1) is 4.90 Å². The van der Waals surface area contributed by atoms with Crippen LogP contribution in [0.2, 0.25) is 0 Å². The third-order valence-corrected chi connectivity index (χ3v) is 6.54. The maximum atomic E-state index is 12.7. The van der Waals surface area contributed by atoms with Crippen molar-refractivity contribution >= 4 is 10.0 Å². The van der Waals surface area contributed by atoms with E-state index in [9.17, 15) is 8.42 Å². The molecule has 1 saturated carbocycles. The number of fused-ring (bicyclic) bond motifs is 2. The molecule has 4 nitrogen and oxygen atoms in total. The molecule has 2 unspecified atom stereocenters. The Morgan fingerprint density at radius 3 is 2.48 bits per heavy atom. The zero-order valence-electron chi connectivity index (χ0n) is 12.7. The number of benzene rings is 1. The number of hydrogen-bond acceptors (Lipinski definition) is 3. The van der Waals surface area contributed by atoms with Gasteiger partial charge in [-0.25, -0.2) is 8.42 Å². The van der Waals surface area contributed by atoms with E-state index in [0.29, 0.717) is 23.4 Å². The van der Waals surface area contributed by atoms with Gasteiger partial charge in [0.25, 0.3) is 0 Å².